The standard InChI is InChI=1S/C11H21N3O/c1-6-14-8(2)13-9(10(14)12)7-11(3,4)15-5/h6-7,12H2,1-5H3. The number of aromatic nitrogens is 2. The fourth-order valence-electron chi connectivity index (χ4n) is 1.65. The molecule has 86 valence electrons. The van der Waals surface area contributed by atoms with Crippen LogP contribution in [0.25, 0.3) is 0 Å². The van der Waals surface area contributed by atoms with E-state index in [2.05, 4.69) is 11.9 Å². The zero-order chi connectivity index (χ0) is 11.6. The lowest BCUT2D eigenvalue weighted by atomic mass is 10.0. The molecular formula is C11H21N3O. The quantitative estimate of drug-likeness (QED) is 0.825. The Morgan fingerprint density at radius 1 is 1.47 bits per heavy atom. The fourth-order valence-corrected chi connectivity index (χ4v) is 1.65. The maximum Gasteiger partial charge on any atom is 0.126 e. The summed E-state index contributed by atoms with van der Waals surface area (Å²) in [5, 5.41) is 0. The molecule has 0 atom stereocenters. The Balaban J connectivity index is 2.97. The molecule has 0 saturated heterocycles. The van der Waals surface area contributed by atoms with E-state index in [4.69, 9.17) is 10.5 Å². The predicted octanol–water partition coefficient (Wildman–Crippen LogP) is 1.76. The van der Waals surface area contributed by atoms with Crippen molar-refractivity contribution in [1.82, 2.24) is 9.55 Å². The van der Waals surface area contributed by atoms with Crippen molar-refractivity contribution in [2.45, 2.75) is 46.3 Å². The van der Waals surface area contributed by atoms with Gasteiger partial charge in [-0.05, 0) is 27.7 Å². The van der Waals surface area contributed by atoms with E-state index in [0.717, 1.165) is 30.3 Å². The molecule has 0 aromatic carbocycles. The summed E-state index contributed by atoms with van der Waals surface area (Å²) in [5.74, 6) is 1.73. The number of methoxy groups -OCH3 is 1. The van der Waals surface area contributed by atoms with Gasteiger partial charge in [0.15, 0.2) is 0 Å². The summed E-state index contributed by atoms with van der Waals surface area (Å²) < 4.78 is 7.39. The van der Waals surface area contributed by atoms with Crippen molar-refractivity contribution < 1.29 is 4.74 Å². The summed E-state index contributed by atoms with van der Waals surface area (Å²) in [4.78, 5) is 4.47. The molecule has 0 fully saturated rings. The normalized spacial score (nSPS) is 12.1. The molecule has 0 aliphatic carbocycles. The summed E-state index contributed by atoms with van der Waals surface area (Å²) in [7, 11) is 1.71. The number of hydrogen-bond acceptors (Lipinski definition) is 3. The van der Waals surface area contributed by atoms with Crippen molar-refractivity contribution in [3.8, 4) is 0 Å². The number of nitrogen functional groups attached to an aromatic ring is 1. The molecule has 1 rings (SSSR count). The van der Waals surface area contributed by atoms with Crippen molar-refractivity contribution in [2.24, 2.45) is 0 Å². The van der Waals surface area contributed by atoms with Gasteiger partial charge in [0.05, 0.1) is 11.3 Å². The van der Waals surface area contributed by atoms with Gasteiger partial charge in [0, 0.05) is 20.1 Å². The van der Waals surface area contributed by atoms with Gasteiger partial charge in [-0.3, -0.25) is 0 Å². The Bertz CT molecular complexity index is 342. The topological polar surface area (TPSA) is 53.1 Å². The minimum atomic E-state index is -0.215. The first-order valence-corrected chi connectivity index (χ1v) is 5.28. The van der Waals surface area contributed by atoms with Crippen LogP contribution in [0.2, 0.25) is 0 Å². The van der Waals surface area contributed by atoms with Gasteiger partial charge in [-0.2, -0.15) is 0 Å². The van der Waals surface area contributed by atoms with Crippen LogP contribution in [0.1, 0.15) is 32.3 Å². The minimum Gasteiger partial charge on any atom is -0.384 e. The van der Waals surface area contributed by atoms with E-state index in [1.807, 2.05) is 25.3 Å². The molecule has 1 aromatic heterocycles. The van der Waals surface area contributed by atoms with Gasteiger partial charge in [-0.1, -0.05) is 0 Å². The Kier molecular flexibility index (Phi) is 3.39. The SMILES string of the molecule is CCn1c(C)nc(CC(C)(C)OC)c1N. The van der Waals surface area contributed by atoms with Crippen molar-refractivity contribution in [3.63, 3.8) is 0 Å². The monoisotopic (exact) mass is 211 g/mol. The van der Waals surface area contributed by atoms with Crippen LogP contribution >= 0.6 is 0 Å². The van der Waals surface area contributed by atoms with Gasteiger partial charge in [0.2, 0.25) is 0 Å². The largest absolute Gasteiger partial charge is 0.384 e. The number of imidazole rings is 1. The third kappa shape index (κ3) is 2.50. The molecule has 0 radical (unpaired) electrons. The highest BCUT2D eigenvalue weighted by molar-refractivity contribution is 5.38. The Morgan fingerprint density at radius 3 is 2.47 bits per heavy atom. The van der Waals surface area contributed by atoms with Crippen molar-refractivity contribution in [3.05, 3.63) is 11.5 Å². The van der Waals surface area contributed by atoms with E-state index in [-0.39, 0.29) is 5.60 Å². The minimum absolute atomic E-state index is 0.215. The summed E-state index contributed by atoms with van der Waals surface area (Å²) in [6.45, 7) is 8.97. The van der Waals surface area contributed by atoms with Crippen molar-refractivity contribution >= 4 is 5.82 Å². The number of ether oxygens (including phenoxy) is 1. The highest BCUT2D eigenvalue weighted by atomic mass is 16.5. The van der Waals surface area contributed by atoms with E-state index in [9.17, 15) is 0 Å². The van der Waals surface area contributed by atoms with Crippen LogP contribution in [0.5, 0.6) is 0 Å². The molecule has 0 amide bonds. The first-order chi connectivity index (χ1) is 6.91. The molecule has 0 unspecified atom stereocenters. The molecule has 4 nitrogen and oxygen atoms in total. The summed E-state index contributed by atoms with van der Waals surface area (Å²) >= 11 is 0. The fraction of sp³-hybridized carbons (Fsp3) is 0.727. The number of nitrogens with two attached hydrogens (primary N) is 1. The average Bonchev–Trinajstić information content (AvgIpc) is 2.41. The molecule has 1 heterocycles. The van der Waals surface area contributed by atoms with Gasteiger partial charge in [-0.15, -0.1) is 0 Å². The molecule has 15 heavy (non-hydrogen) atoms. The molecule has 2 N–H and O–H groups in total. The summed E-state index contributed by atoms with van der Waals surface area (Å²) in [6.07, 6.45) is 0.739. The number of hydrogen-bond donors (Lipinski definition) is 1. The lowest BCUT2D eigenvalue weighted by Crippen LogP contribution is -2.26. The van der Waals surface area contributed by atoms with E-state index >= 15 is 0 Å². The van der Waals surface area contributed by atoms with E-state index in [1.165, 1.54) is 0 Å². The number of nitrogens with zero attached hydrogens (tertiary/aromatic N) is 2. The third-order valence-corrected chi connectivity index (χ3v) is 2.74. The molecule has 0 bridgehead atoms. The first kappa shape index (κ1) is 12.0. The first-order valence-electron chi connectivity index (χ1n) is 5.28. The van der Waals surface area contributed by atoms with Crippen LogP contribution in [0.3, 0.4) is 0 Å². The molecule has 1 aromatic rings. The van der Waals surface area contributed by atoms with Crippen molar-refractivity contribution in [2.75, 3.05) is 12.8 Å². The van der Waals surface area contributed by atoms with E-state index in [1.54, 1.807) is 7.11 Å². The second-order valence-electron chi connectivity index (χ2n) is 4.38. The average molecular weight is 211 g/mol. The second kappa shape index (κ2) is 4.23. The lowest BCUT2D eigenvalue weighted by Gasteiger charge is -2.21. The van der Waals surface area contributed by atoms with Gasteiger partial charge in [-0.25, -0.2) is 4.98 Å². The van der Waals surface area contributed by atoms with Gasteiger partial charge >= 0.3 is 0 Å². The molecular weight excluding hydrogens is 190 g/mol. The number of rotatable bonds is 4. The summed E-state index contributed by atoms with van der Waals surface area (Å²) in [5.41, 5.74) is 6.74. The Labute approximate surface area is 91.4 Å². The highest BCUT2D eigenvalue weighted by Gasteiger charge is 2.22. The molecule has 0 aliphatic heterocycles. The van der Waals surface area contributed by atoms with Gasteiger partial charge in [0.25, 0.3) is 0 Å². The molecule has 0 spiro atoms. The van der Waals surface area contributed by atoms with Crippen LogP contribution in [0, 0.1) is 6.92 Å². The van der Waals surface area contributed by atoms with Crippen LogP contribution < -0.4 is 5.73 Å². The van der Waals surface area contributed by atoms with Crippen LogP contribution in [-0.2, 0) is 17.7 Å². The number of anilines is 1. The van der Waals surface area contributed by atoms with Crippen molar-refractivity contribution in [1.29, 1.82) is 0 Å². The summed E-state index contributed by atoms with van der Waals surface area (Å²) in [6, 6.07) is 0. The lowest BCUT2D eigenvalue weighted by molar-refractivity contribution is 0.0226. The zero-order valence-corrected chi connectivity index (χ0v) is 10.3. The Hall–Kier alpha value is -1.03. The maximum atomic E-state index is 6.02. The molecule has 4 heteroatoms. The van der Waals surface area contributed by atoms with E-state index < -0.39 is 0 Å². The molecule has 0 saturated carbocycles. The third-order valence-electron chi connectivity index (χ3n) is 2.74. The van der Waals surface area contributed by atoms with E-state index in [0.29, 0.717) is 0 Å². The predicted molar refractivity (Wildman–Crippen MR) is 61.8 cm³/mol. The highest BCUT2D eigenvalue weighted by Crippen LogP contribution is 2.21. The second-order valence-corrected chi connectivity index (χ2v) is 4.38. The zero-order valence-electron chi connectivity index (χ0n) is 10.3. The van der Waals surface area contributed by atoms with Gasteiger partial charge in [0.1, 0.15) is 11.6 Å². The van der Waals surface area contributed by atoms with Crippen LogP contribution in [0.4, 0.5) is 5.82 Å². The van der Waals surface area contributed by atoms with Crippen LogP contribution in [-0.4, -0.2) is 22.3 Å². The van der Waals surface area contributed by atoms with Gasteiger partial charge < -0.3 is 15.0 Å². The smallest absolute Gasteiger partial charge is 0.126 e. The molecule has 0 aliphatic rings. The number of aryl methyl sites for hydroxylation is 1. The van der Waals surface area contributed by atoms with Crippen LogP contribution in [0.15, 0.2) is 0 Å². The Morgan fingerprint density at radius 2 is 2.07 bits per heavy atom. The maximum absolute atomic E-state index is 6.02.